The summed E-state index contributed by atoms with van der Waals surface area (Å²) in [7, 11) is 1.86. The largest absolute Gasteiger partial charge is 1.00 e. The number of methoxy groups -OCH3 is 5. The molecule has 2 aromatic carbocycles. The molecule has 1 heterocycles. The van der Waals surface area contributed by atoms with E-state index in [4.69, 9.17) is 23.7 Å². The molecule has 34 heavy (non-hydrogen) atoms. The van der Waals surface area contributed by atoms with Crippen molar-refractivity contribution in [2.24, 2.45) is 0 Å². The van der Waals surface area contributed by atoms with E-state index in [1.807, 2.05) is 0 Å². The molecule has 0 aliphatic carbocycles. The molecule has 0 N–H and O–H groups in total. The Kier molecular flexibility index (Phi) is 12.2. The van der Waals surface area contributed by atoms with E-state index in [0.29, 0.717) is 33.9 Å². The number of nitrogens with zero attached hydrogens (tertiary/aromatic N) is 1. The van der Waals surface area contributed by atoms with Crippen LogP contribution in [0.5, 0.6) is 34.5 Å². The quantitative estimate of drug-likeness (QED) is 0.206. The van der Waals surface area contributed by atoms with Gasteiger partial charge in [0.15, 0.2) is 23.0 Å². The summed E-state index contributed by atoms with van der Waals surface area (Å²) < 4.78 is 46.9. The standard InChI is InChI=1S/C20H22NO9PS.2Na/c1-25-14-6-11(7-17(19(14)29-5)30-31(22,23)24)13-10-21-32-20(13)12-8-15(26-2)18(28-4)16(9-12)27-3;;/h6-10H,1-5H3,(H2,22,23,24);;/q;2*+1/p-2. The van der Waals surface area contributed by atoms with Gasteiger partial charge in [-0.25, -0.2) is 0 Å². The Balaban J connectivity index is 0.00000289. The van der Waals surface area contributed by atoms with Crippen molar-refractivity contribution >= 4 is 19.4 Å². The summed E-state index contributed by atoms with van der Waals surface area (Å²) in [5.41, 5.74) is 1.83. The number of phosphoric ester groups is 1. The topological polar surface area (TPSA) is 131 Å². The minimum Gasteiger partial charge on any atom is -0.780 e. The summed E-state index contributed by atoms with van der Waals surface area (Å²) in [6.07, 6.45) is 1.60. The summed E-state index contributed by atoms with van der Waals surface area (Å²) in [6, 6.07) is 6.52. The molecule has 0 radical (unpaired) electrons. The summed E-state index contributed by atoms with van der Waals surface area (Å²) >= 11 is 1.20. The van der Waals surface area contributed by atoms with Crippen molar-refractivity contribution in [1.82, 2.24) is 4.37 Å². The second-order valence-electron chi connectivity index (χ2n) is 6.23. The molecule has 10 nitrogen and oxygen atoms in total. The Bertz CT molecular complexity index is 1140. The smallest absolute Gasteiger partial charge is 0.780 e. The van der Waals surface area contributed by atoms with Crippen LogP contribution in [-0.2, 0) is 4.57 Å². The van der Waals surface area contributed by atoms with Crippen LogP contribution < -0.4 is 97.1 Å². The van der Waals surface area contributed by atoms with E-state index in [-0.39, 0.29) is 76.4 Å². The molecule has 0 saturated carbocycles. The first kappa shape index (κ1) is 31.1. The van der Waals surface area contributed by atoms with E-state index < -0.39 is 7.82 Å². The average molecular weight is 527 g/mol. The van der Waals surface area contributed by atoms with Crippen LogP contribution in [0.2, 0.25) is 0 Å². The number of aromatic nitrogens is 1. The van der Waals surface area contributed by atoms with Gasteiger partial charge in [0.2, 0.25) is 11.5 Å². The number of rotatable bonds is 9. The van der Waals surface area contributed by atoms with Gasteiger partial charge < -0.3 is 42.6 Å². The van der Waals surface area contributed by atoms with Gasteiger partial charge in [-0.3, -0.25) is 0 Å². The van der Waals surface area contributed by atoms with Gasteiger partial charge in [0.05, 0.1) is 40.4 Å². The van der Waals surface area contributed by atoms with Crippen molar-refractivity contribution in [3.63, 3.8) is 0 Å². The summed E-state index contributed by atoms with van der Waals surface area (Å²) in [4.78, 5) is 23.2. The zero-order valence-electron chi connectivity index (χ0n) is 19.9. The Morgan fingerprint density at radius 1 is 0.735 bits per heavy atom. The van der Waals surface area contributed by atoms with E-state index in [9.17, 15) is 14.4 Å². The molecule has 0 fully saturated rings. The number of hydrogen-bond acceptors (Lipinski definition) is 11. The number of hydrogen-bond donors (Lipinski definition) is 0. The van der Waals surface area contributed by atoms with Gasteiger partial charge >= 0.3 is 59.1 Å². The maximum Gasteiger partial charge on any atom is 1.00 e. The van der Waals surface area contributed by atoms with Gasteiger partial charge in [0, 0.05) is 17.3 Å². The van der Waals surface area contributed by atoms with Crippen molar-refractivity contribution in [1.29, 1.82) is 0 Å². The number of benzene rings is 2. The van der Waals surface area contributed by atoms with Crippen LogP contribution in [0.25, 0.3) is 21.6 Å². The van der Waals surface area contributed by atoms with Crippen molar-refractivity contribution in [2.45, 2.75) is 0 Å². The monoisotopic (exact) mass is 527 g/mol. The molecular formula is C20H20NNa2O9PS. The summed E-state index contributed by atoms with van der Waals surface area (Å²) in [5.74, 6) is 1.20. The van der Waals surface area contributed by atoms with Crippen LogP contribution in [0, 0.1) is 0 Å². The fraction of sp³-hybridized carbons (Fsp3) is 0.250. The molecule has 0 spiro atoms. The van der Waals surface area contributed by atoms with Crippen molar-refractivity contribution < 1.29 is 102 Å². The molecule has 14 heteroatoms. The summed E-state index contributed by atoms with van der Waals surface area (Å²) in [6.45, 7) is 0. The molecule has 0 aliphatic rings. The number of ether oxygens (including phenoxy) is 5. The first-order valence-electron chi connectivity index (χ1n) is 8.99. The predicted molar refractivity (Wildman–Crippen MR) is 114 cm³/mol. The van der Waals surface area contributed by atoms with E-state index in [2.05, 4.69) is 8.90 Å². The second-order valence-corrected chi connectivity index (χ2v) is 8.11. The summed E-state index contributed by atoms with van der Waals surface area (Å²) in [5, 5.41) is 0. The molecule has 0 aliphatic heterocycles. The fourth-order valence-electron chi connectivity index (χ4n) is 3.14. The van der Waals surface area contributed by atoms with Crippen molar-refractivity contribution in [3.8, 4) is 56.1 Å². The molecule has 0 amide bonds. The zero-order valence-corrected chi connectivity index (χ0v) is 25.6. The molecule has 172 valence electrons. The van der Waals surface area contributed by atoms with Gasteiger partial charge in [-0.15, -0.1) is 0 Å². The molecule has 0 atom stereocenters. The maximum absolute atomic E-state index is 11.3. The van der Waals surface area contributed by atoms with Gasteiger partial charge in [-0.05, 0) is 41.4 Å². The zero-order chi connectivity index (χ0) is 23.5. The normalized spacial score (nSPS) is 10.4. The molecular weight excluding hydrogens is 507 g/mol. The Morgan fingerprint density at radius 3 is 1.62 bits per heavy atom. The SMILES string of the molecule is COc1cc(-c2sncc2-c2cc(OC)c(OC)c(OP(=O)([O-])[O-])c2)cc(OC)c1OC.[Na+].[Na+]. The second kappa shape index (κ2) is 13.4. The van der Waals surface area contributed by atoms with Gasteiger partial charge in [0.25, 0.3) is 0 Å². The van der Waals surface area contributed by atoms with Crippen LogP contribution in [0.15, 0.2) is 30.5 Å². The first-order valence-corrected chi connectivity index (χ1v) is 11.2. The van der Waals surface area contributed by atoms with Crippen LogP contribution in [0.1, 0.15) is 0 Å². The molecule has 1 aromatic heterocycles. The Hall–Kier alpha value is -0.980. The fourth-order valence-corrected chi connectivity index (χ4v) is 4.27. The maximum atomic E-state index is 11.3. The predicted octanol–water partition coefficient (Wildman–Crippen LogP) is -3.26. The minimum atomic E-state index is -5.35. The van der Waals surface area contributed by atoms with Crippen molar-refractivity contribution in [2.75, 3.05) is 35.5 Å². The van der Waals surface area contributed by atoms with Crippen LogP contribution in [0.3, 0.4) is 0 Å². The van der Waals surface area contributed by atoms with E-state index in [1.165, 1.54) is 53.1 Å². The van der Waals surface area contributed by atoms with Gasteiger partial charge in [-0.1, -0.05) is 0 Å². The Labute approximate surface area is 245 Å². The van der Waals surface area contributed by atoms with Gasteiger partial charge in [-0.2, -0.15) is 4.37 Å². The number of phosphoric acid groups is 1. The van der Waals surface area contributed by atoms with E-state index >= 15 is 0 Å². The van der Waals surface area contributed by atoms with Crippen LogP contribution in [0.4, 0.5) is 0 Å². The average Bonchev–Trinajstić information content (AvgIpc) is 3.26. The third-order valence-corrected chi connectivity index (χ3v) is 5.73. The minimum absolute atomic E-state index is 0. The van der Waals surface area contributed by atoms with Crippen molar-refractivity contribution in [3.05, 3.63) is 30.5 Å². The third-order valence-electron chi connectivity index (χ3n) is 4.46. The third kappa shape index (κ3) is 6.82. The molecule has 0 saturated heterocycles. The molecule has 3 aromatic rings. The molecule has 0 unspecified atom stereocenters. The van der Waals surface area contributed by atoms with Crippen LogP contribution in [-0.4, -0.2) is 39.9 Å². The molecule has 3 rings (SSSR count). The van der Waals surface area contributed by atoms with E-state index in [0.717, 1.165) is 4.88 Å². The molecule has 0 bridgehead atoms. The van der Waals surface area contributed by atoms with Crippen LogP contribution >= 0.6 is 19.4 Å². The first-order chi connectivity index (χ1) is 15.3. The Morgan fingerprint density at radius 2 is 1.18 bits per heavy atom. The van der Waals surface area contributed by atoms with E-state index in [1.54, 1.807) is 24.4 Å². The van der Waals surface area contributed by atoms with Gasteiger partial charge in [0.1, 0.15) is 7.82 Å².